The van der Waals surface area contributed by atoms with Gasteiger partial charge in [0.1, 0.15) is 22.8 Å². The number of thiophene rings is 1. The summed E-state index contributed by atoms with van der Waals surface area (Å²) in [6, 6.07) is 6.35. The molecular weight excluding hydrogens is 297 g/mol. The van der Waals surface area contributed by atoms with E-state index in [4.69, 9.17) is 0 Å². The van der Waals surface area contributed by atoms with Crippen LogP contribution in [0, 0.1) is 11.7 Å². The third kappa shape index (κ3) is 2.35. The van der Waals surface area contributed by atoms with Crippen LogP contribution in [0.5, 0.6) is 0 Å². The number of rotatable bonds is 2. The Kier molecular flexibility index (Phi) is 3.30. The number of aryl methyl sites for hydroxylation is 1. The Bertz CT molecular complexity index is 826. The Hall–Kier alpha value is -2.01. The molecule has 1 aliphatic carbocycles. The van der Waals surface area contributed by atoms with E-state index in [1.165, 1.54) is 29.0 Å². The zero-order valence-corrected chi connectivity index (χ0v) is 13.1. The molecule has 1 aliphatic rings. The molecule has 2 heterocycles. The molecule has 1 N–H and O–H groups in total. The smallest absolute Gasteiger partial charge is 0.142 e. The van der Waals surface area contributed by atoms with Gasteiger partial charge in [-0.2, -0.15) is 0 Å². The molecule has 0 saturated heterocycles. The first-order valence-electron chi connectivity index (χ1n) is 7.48. The molecule has 0 unspecified atom stereocenters. The summed E-state index contributed by atoms with van der Waals surface area (Å²) >= 11 is 1.78. The normalized spacial score (nSPS) is 17.5. The molecule has 1 atom stereocenters. The predicted molar refractivity (Wildman–Crippen MR) is 88.3 cm³/mol. The number of aromatic nitrogens is 2. The molecule has 4 rings (SSSR count). The van der Waals surface area contributed by atoms with Gasteiger partial charge < -0.3 is 5.32 Å². The maximum atomic E-state index is 13.0. The second kappa shape index (κ2) is 5.32. The number of halogens is 1. The molecule has 0 spiro atoms. The maximum Gasteiger partial charge on any atom is 0.142 e. The number of hydrogen-bond acceptors (Lipinski definition) is 4. The Labute approximate surface area is 132 Å². The average molecular weight is 313 g/mol. The number of nitrogens with one attached hydrogen (secondary N) is 1. The van der Waals surface area contributed by atoms with E-state index in [2.05, 4.69) is 22.2 Å². The topological polar surface area (TPSA) is 37.8 Å². The summed E-state index contributed by atoms with van der Waals surface area (Å²) in [7, 11) is 0. The van der Waals surface area contributed by atoms with Crippen LogP contribution in [-0.2, 0) is 12.8 Å². The molecule has 22 heavy (non-hydrogen) atoms. The van der Waals surface area contributed by atoms with Crippen LogP contribution in [0.15, 0.2) is 30.6 Å². The quantitative estimate of drug-likeness (QED) is 0.745. The molecule has 1 aromatic carbocycles. The van der Waals surface area contributed by atoms with Gasteiger partial charge in [-0.1, -0.05) is 6.92 Å². The lowest BCUT2D eigenvalue weighted by atomic mass is 9.89. The first-order valence-corrected chi connectivity index (χ1v) is 8.30. The van der Waals surface area contributed by atoms with Crippen molar-refractivity contribution in [1.82, 2.24) is 9.97 Å². The fraction of sp³-hybridized carbons (Fsp3) is 0.294. The van der Waals surface area contributed by atoms with Crippen molar-refractivity contribution in [2.75, 3.05) is 5.32 Å². The summed E-state index contributed by atoms with van der Waals surface area (Å²) in [6.07, 6.45) is 5.03. The molecule has 112 valence electrons. The highest BCUT2D eigenvalue weighted by molar-refractivity contribution is 7.19. The molecule has 0 saturated carbocycles. The van der Waals surface area contributed by atoms with Gasteiger partial charge in [0.25, 0.3) is 0 Å². The third-order valence-electron chi connectivity index (χ3n) is 4.20. The van der Waals surface area contributed by atoms with Gasteiger partial charge in [-0.25, -0.2) is 14.4 Å². The largest absolute Gasteiger partial charge is 0.340 e. The van der Waals surface area contributed by atoms with Gasteiger partial charge in [0.05, 0.1) is 5.39 Å². The van der Waals surface area contributed by atoms with Gasteiger partial charge in [-0.3, -0.25) is 0 Å². The summed E-state index contributed by atoms with van der Waals surface area (Å²) in [5, 5.41) is 4.45. The van der Waals surface area contributed by atoms with Crippen molar-refractivity contribution >= 4 is 33.1 Å². The van der Waals surface area contributed by atoms with E-state index in [0.717, 1.165) is 40.5 Å². The standard InChI is InChI=1S/C17H16FN3S/c1-10-2-7-13-14(8-10)22-17-15(13)16(19-9-20-17)21-12-5-3-11(18)4-6-12/h3-6,9-10H,2,7-8H2,1H3,(H,19,20,21)/t10-/m0/s1. The van der Waals surface area contributed by atoms with E-state index < -0.39 is 0 Å². The van der Waals surface area contributed by atoms with Crippen LogP contribution in [0.3, 0.4) is 0 Å². The summed E-state index contributed by atoms with van der Waals surface area (Å²) in [6.45, 7) is 2.30. The Balaban J connectivity index is 1.79. The first kappa shape index (κ1) is 13.6. The monoisotopic (exact) mass is 313 g/mol. The molecular formula is C17H16FN3S. The van der Waals surface area contributed by atoms with Crippen molar-refractivity contribution in [2.45, 2.75) is 26.2 Å². The lowest BCUT2D eigenvalue weighted by molar-refractivity contribution is 0.509. The Morgan fingerprint density at radius 3 is 2.86 bits per heavy atom. The number of hydrogen-bond donors (Lipinski definition) is 1. The van der Waals surface area contributed by atoms with Crippen molar-refractivity contribution in [2.24, 2.45) is 5.92 Å². The number of benzene rings is 1. The van der Waals surface area contributed by atoms with Crippen LogP contribution in [0.4, 0.5) is 15.9 Å². The molecule has 0 fully saturated rings. The van der Waals surface area contributed by atoms with Gasteiger partial charge >= 0.3 is 0 Å². The second-order valence-corrected chi connectivity index (χ2v) is 6.97. The number of nitrogens with zero attached hydrogens (tertiary/aromatic N) is 2. The zero-order valence-electron chi connectivity index (χ0n) is 12.3. The van der Waals surface area contributed by atoms with Crippen LogP contribution < -0.4 is 5.32 Å². The highest BCUT2D eigenvalue weighted by Gasteiger charge is 2.23. The molecule has 0 bridgehead atoms. The average Bonchev–Trinajstić information content (AvgIpc) is 2.88. The van der Waals surface area contributed by atoms with E-state index in [1.54, 1.807) is 29.8 Å². The van der Waals surface area contributed by atoms with E-state index in [0.29, 0.717) is 0 Å². The predicted octanol–water partition coefficient (Wildman–Crippen LogP) is 4.70. The SMILES string of the molecule is C[C@H]1CCc2c(sc3ncnc(Nc4ccc(F)cc4)c23)C1. The summed E-state index contributed by atoms with van der Waals surface area (Å²) < 4.78 is 13.0. The maximum absolute atomic E-state index is 13.0. The van der Waals surface area contributed by atoms with E-state index >= 15 is 0 Å². The van der Waals surface area contributed by atoms with Crippen LogP contribution in [0.25, 0.3) is 10.2 Å². The molecule has 5 heteroatoms. The van der Waals surface area contributed by atoms with E-state index in [-0.39, 0.29) is 5.82 Å². The fourth-order valence-corrected chi connectivity index (χ4v) is 4.39. The fourth-order valence-electron chi connectivity index (χ4n) is 3.04. The minimum Gasteiger partial charge on any atom is -0.340 e. The first-order chi connectivity index (χ1) is 10.7. The van der Waals surface area contributed by atoms with Crippen molar-refractivity contribution in [3.05, 3.63) is 46.9 Å². The molecule has 3 aromatic rings. The highest BCUT2D eigenvalue weighted by Crippen LogP contribution is 2.40. The highest BCUT2D eigenvalue weighted by atomic mass is 32.1. The molecule has 0 amide bonds. The van der Waals surface area contributed by atoms with Crippen LogP contribution >= 0.6 is 11.3 Å². The molecule has 0 radical (unpaired) electrons. The van der Waals surface area contributed by atoms with Crippen molar-refractivity contribution < 1.29 is 4.39 Å². The Morgan fingerprint density at radius 2 is 2.05 bits per heavy atom. The Morgan fingerprint density at radius 1 is 1.23 bits per heavy atom. The lowest BCUT2D eigenvalue weighted by Gasteiger charge is -2.18. The van der Waals surface area contributed by atoms with Gasteiger partial charge in [-0.15, -0.1) is 11.3 Å². The molecule has 2 aromatic heterocycles. The van der Waals surface area contributed by atoms with Crippen molar-refractivity contribution in [3.8, 4) is 0 Å². The van der Waals surface area contributed by atoms with Gasteiger partial charge in [-0.05, 0) is 55.0 Å². The van der Waals surface area contributed by atoms with Gasteiger partial charge in [0.2, 0.25) is 0 Å². The van der Waals surface area contributed by atoms with Gasteiger partial charge in [0, 0.05) is 10.6 Å². The van der Waals surface area contributed by atoms with Crippen molar-refractivity contribution in [1.29, 1.82) is 0 Å². The molecule has 0 aliphatic heterocycles. The minimum absolute atomic E-state index is 0.236. The lowest BCUT2D eigenvalue weighted by Crippen LogP contribution is -2.09. The van der Waals surface area contributed by atoms with E-state index in [1.807, 2.05) is 0 Å². The summed E-state index contributed by atoms with van der Waals surface area (Å²) in [4.78, 5) is 11.3. The van der Waals surface area contributed by atoms with Gasteiger partial charge in [0.15, 0.2) is 0 Å². The van der Waals surface area contributed by atoms with Crippen LogP contribution in [0.2, 0.25) is 0 Å². The summed E-state index contributed by atoms with van der Waals surface area (Å²) in [5.41, 5.74) is 2.23. The van der Waals surface area contributed by atoms with Crippen LogP contribution in [-0.4, -0.2) is 9.97 Å². The minimum atomic E-state index is -0.236. The van der Waals surface area contributed by atoms with Crippen LogP contribution in [0.1, 0.15) is 23.8 Å². The van der Waals surface area contributed by atoms with E-state index in [9.17, 15) is 4.39 Å². The molecule has 3 nitrogen and oxygen atoms in total. The number of fused-ring (bicyclic) bond motifs is 3. The number of anilines is 2. The third-order valence-corrected chi connectivity index (χ3v) is 5.36. The summed E-state index contributed by atoms with van der Waals surface area (Å²) in [5.74, 6) is 1.32. The second-order valence-electron chi connectivity index (χ2n) is 5.89. The van der Waals surface area contributed by atoms with Crippen molar-refractivity contribution in [3.63, 3.8) is 0 Å². The zero-order chi connectivity index (χ0) is 15.1.